The molecule has 0 N–H and O–H groups in total. The van der Waals surface area contributed by atoms with Gasteiger partial charge >= 0.3 is 5.97 Å². The highest BCUT2D eigenvalue weighted by Crippen LogP contribution is 2.14. The van der Waals surface area contributed by atoms with Gasteiger partial charge in [-0.2, -0.15) is 8.42 Å². The Morgan fingerprint density at radius 1 is 1.33 bits per heavy atom. The largest absolute Gasteiger partial charge is 0.444 e. The molecule has 5 nitrogen and oxygen atoms in total. The SMILES string of the molecule is CC(=O)O[C@H](Cl)COS(=O)(=O)c1ccc(C)cc1. The minimum atomic E-state index is -3.88. The third-order valence-corrected chi connectivity index (χ3v) is 3.47. The maximum Gasteiger partial charge on any atom is 0.304 e. The van der Waals surface area contributed by atoms with E-state index in [0.29, 0.717) is 0 Å². The number of aryl methyl sites for hydroxylation is 1. The molecule has 0 saturated heterocycles. The summed E-state index contributed by atoms with van der Waals surface area (Å²) >= 11 is 5.56. The summed E-state index contributed by atoms with van der Waals surface area (Å²) in [4.78, 5) is 10.6. The fourth-order valence-electron chi connectivity index (χ4n) is 1.13. The van der Waals surface area contributed by atoms with Crippen molar-refractivity contribution in [3.05, 3.63) is 29.8 Å². The topological polar surface area (TPSA) is 69.7 Å². The summed E-state index contributed by atoms with van der Waals surface area (Å²) in [7, 11) is -3.88. The first kappa shape index (κ1) is 14.9. The summed E-state index contributed by atoms with van der Waals surface area (Å²) in [5, 5.41) is 0. The average Bonchev–Trinajstić information content (AvgIpc) is 2.26. The number of esters is 1. The number of hydrogen-bond donors (Lipinski definition) is 0. The van der Waals surface area contributed by atoms with Crippen LogP contribution >= 0.6 is 11.6 Å². The summed E-state index contributed by atoms with van der Waals surface area (Å²) in [6.07, 6.45) is 0. The van der Waals surface area contributed by atoms with Gasteiger partial charge in [-0.05, 0) is 19.1 Å². The van der Waals surface area contributed by atoms with E-state index in [0.717, 1.165) is 5.56 Å². The van der Waals surface area contributed by atoms with Crippen LogP contribution in [0, 0.1) is 6.92 Å². The van der Waals surface area contributed by atoms with Crippen molar-refractivity contribution in [1.82, 2.24) is 0 Å². The molecule has 0 aliphatic carbocycles. The Bertz CT molecular complexity index is 509. The lowest BCUT2D eigenvalue weighted by atomic mass is 10.2. The lowest BCUT2D eigenvalue weighted by Gasteiger charge is -2.10. The molecule has 1 aromatic carbocycles. The molecule has 0 heterocycles. The lowest BCUT2D eigenvalue weighted by Crippen LogP contribution is -2.19. The van der Waals surface area contributed by atoms with E-state index >= 15 is 0 Å². The van der Waals surface area contributed by atoms with Crippen LogP contribution in [0.15, 0.2) is 29.2 Å². The summed E-state index contributed by atoms with van der Waals surface area (Å²) in [5.41, 5.74) is -0.202. The van der Waals surface area contributed by atoms with Crippen molar-refractivity contribution in [3.8, 4) is 0 Å². The van der Waals surface area contributed by atoms with Gasteiger partial charge < -0.3 is 4.74 Å². The molecule has 100 valence electrons. The zero-order valence-electron chi connectivity index (χ0n) is 9.92. The Morgan fingerprint density at radius 2 is 1.89 bits per heavy atom. The highest BCUT2D eigenvalue weighted by atomic mass is 35.5. The molecule has 0 saturated carbocycles. The molecular weight excluding hydrogens is 280 g/mol. The number of rotatable bonds is 5. The van der Waals surface area contributed by atoms with Gasteiger partial charge in [0.2, 0.25) is 0 Å². The smallest absolute Gasteiger partial charge is 0.304 e. The summed E-state index contributed by atoms with van der Waals surface area (Å²) in [5.74, 6) is -0.605. The van der Waals surface area contributed by atoms with Crippen LogP contribution in [0.2, 0.25) is 0 Å². The van der Waals surface area contributed by atoms with Crippen LogP contribution in [0.4, 0.5) is 0 Å². The van der Waals surface area contributed by atoms with Crippen molar-refractivity contribution >= 4 is 27.7 Å². The van der Waals surface area contributed by atoms with Crippen molar-refractivity contribution in [2.24, 2.45) is 0 Å². The van der Waals surface area contributed by atoms with E-state index < -0.39 is 28.3 Å². The third kappa shape index (κ3) is 4.64. The molecule has 0 unspecified atom stereocenters. The molecule has 0 aliphatic rings. The van der Waals surface area contributed by atoms with Crippen LogP contribution in [-0.2, 0) is 23.8 Å². The van der Waals surface area contributed by atoms with Crippen molar-refractivity contribution in [2.45, 2.75) is 24.3 Å². The number of benzene rings is 1. The highest BCUT2D eigenvalue weighted by Gasteiger charge is 2.18. The Kier molecular flexibility index (Phi) is 5.13. The summed E-state index contributed by atoms with van der Waals surface area (Å²) in [6, 6.07) is 6.17. The number of alkyl halides is 1. The molecule has 0 aromatic heterocycles. The number of hydrogen-bond acceptors (Lipinski definition) is 5. The Balaban J connectivity index is 2.65. The molecule has 1 rings (SSSR count). The van der Waals surface area contributed by atoms with Crippen molar-refractivity contribution in [2.75, 3.05) is 6.61 Å². The van der Waals surface area contributed by atoms with Crippen LogP contribution in [0.3, 0.4) is 0 Å². The lowest BCUT2D eigenvalue weighted by molar-refractivity contribution is -0.143. The van der Waals surface area contributed by atoms with Gasteiger partial charge in [-0.15, -0.1) is 0 Å². The normalized spacial score (nSPS) is 13.1. The van der Waals surface area contributed by atoms with Gasteiger partial charge in [-0.1, -0.05) is 29.3 Å². The van der Waals surface area contributed by atoms with Gasteiger partial charge in [0.25, 0.3) is 10.1 Å². The third-order valence-electron chi connectivity index (χ3n) is 1.96. The monoisotopic (exact) mass is 292 g/mol. The number of halogens is 1. The van der Waals surface area contributed by atoms with Gasteiger partial charge in [-0.25, -0.2) is 0 Å². The van der Waals surface area contributed by atoms with Crippen LogP contribution in [0.1, 0.15) is 12.5 Å². The minimum absolute atomic E-state index is 0.0276. The van der Waals surface area contributed by atoms with Gasteiger partial charge in [0.1, 0.15) is 6.61 Å². The second kappa shape index (κ2) is 6.17. The van der Waals surface area contributed by atoms with Crippen LogP contribution < -0.4 is 0 Å². The molecule has 7 heteroatoms. The zero-order chi connectivity index (χ0) is 13.8. The fraction of sp³-hybridized carbons (Fsp3) is 0.364. The Hall–Kier alpha value is -1.11. The average molecular weight is 293 g/mol. The Morgan fingerprint density at radius 3 is 2.39 bits per heavy atom. The molecule has 0 radical (unpaired) electrons. The van der Waals surface area contributed by atoms with Gasteiger partial charge in [0.15, 0.2) is 5.56 Å². The minimum Gasteiger partial charge on any atom is -0.444 e. The predicted octanol–water partition coefficient (Wildman–Crippen LogP) is 1.83. The fourth-order valence-corrected chi connectivity index (χ4v) is 2.30. The van der Waals surface area contributed by atoms with Crippen molar-refractivity contribution in [3.63, 3.8) is 0 Å². The first-order valence-corrected chi connectivity index (χ1v) is 6.93. The van der Waals surface area contributed by atoms with Crippen LogP contribution in [-0.4, -0.2) is 26.6 Å². The Labute approximate surface area is 111 Å². The van der Waals surface area contributed by atoms with E-state index in [1.54, 1.807) is 12.1 Å². The second-order valence-electron chi connectivity index (χ2n) is 3.57. The second-order valence-corrected chi connectivity index (χ2v) is 5.67. The summed E-state index contributed by atoms with van der Waals surface area (Å²) < 4.78 is 32.6. The zero-order valence-corrected chi connectivity index (χ0v) is 11.5. The quantitative estimate of drug-likeness (QED) is 0.470. The van der Waals surface area contributed by atoms with Gasteiger partial charge in [0, 0.05) is 6.92 Å². The van der Waals surface area contributed by atoms with Crippen LogP contribution in [0.25, 0.3) is 0 Å². The standard InChI is InChI=1S/C11H13ClO5S/c1-8-3-5-10(6-4-8)18(14,15)16-7-11(12)17-9(2)13/h3-6,11H,7H2,1-2H3/t11-/m0/s1. The molecule has 0 fully saturated rings. The molecular formula is C11H13ClO5S. The van der Waals surface area contributed by atoms with Crippen molar-refractivity contribution < 1.29 is 22.1 Å². The molecule has 0 amide bonds. The molecule has 0 bridgehead atoms. The van der Waals surface area contributed by atoms with Crippen LogP contribution in [0.5, 0.6) is 0 Å². The maximum atomic E-state index is 11.7. The van der Waals surface area contributed by atoms with E-state index in [1.165, 1.54) is 19.1 Å². The summed E-state index contributed by atoms with van der Waals surface area (Å²) in [6.45, 7) is 2.58. The van der Waals surface area contributed by atoms with E-state index in [1.807, 2.05) is 6.92 Å². The number of carbonyl (C=O) groups is 1. The van der Waals surface area contributed by atoms with E-state index in [2.05, 4.69) is 8.92 Å². The van der Waals surface area contributed by atoms with E-state index in [9.17, 15) is 13.2 Å². The maximum absolute atomic E-state index is 11.7. The molecule has 18 heavy (non-hydrogen) atoms. The molecule has 0 spiro atoms. The number of carbonyl (C=O) groups excluding carboxylic acids is 1. The molecule has 1 aromatic rings. The van der Waals surface area contributed by atoms with E-state index in [4.69, 9.17) is 11.6 Å². The van der Waals surface area contributed by atoms with E-state index in [-0.39, 0.29) is 4.90 Å². The highest BCUT2D eigenvalue weighted by molar-refractivity contribution is 7.86. The predicted molar refractivity (Wildman–Crippen MR) is 65.7 cm³/mol. The first-order valence-electron chi connectivity index (χ1n) is 5.08. The van der Waals surface area contributed by atoms with Gasteiger partial charge in [-0.3, -0.25) is 8.98 Å². The van der Waals surface area contributed by atoms with Crippen molar-refractivity contribution in [1.29, 1.82) is 0 Å². The molecule has 0 aliphatic heterocycles. The molecule has 1 atom stereocenters. The number of ether oxygens (including phenoxy) is 1. The van der Waals surface area contributed by atoms with Gasteiger partial charge in [0.05, 0.1) is 4.90 Å². The first-order chi connectivity index (χ1) is 8.31.